The number of carbonyl (C=O) groups excluding carboxylic acids is 1. The van der Waals surface area contributed by atoms with E-state index < -0.39 is 12.0 Å². The smallest absolute Gasteiger partial charge is 0.326 e. The van der Waals surface area contributed by atoms with Crippen LogP contribution in [0.3, 0.4) is 0 Å². The van der Waals surface area contributed by atoms with Crippen molar-refractivity contribution < 1.29 is 14.7 Å². The maximum absolute atomic E-state index is 12.2. The third-order valence-corrected chi connectivity index (χ3v) is 3.88. The van der Waals surface area contributed by atoms with Gasteiger partial charge >= 0.3 is 5.97 Å². The van der Waals surface area contributed by atoms with E-state index in [9.17, 15) is 14.7 Å². The van der Waals surface area contributed by atoms with Crippen LogP contribution in [0.1, 0.15) is 29.6 Å². The van der Waals surface area contributed by atoms with E-state index in [1.807, 2.05) is 30.3 Å². The second-order valence-electron chi connectivity index (χ2n) is 5.61. The normalized spacial score (nSPS) is 15.6. The molecule has 1 atom stereocenters. The second-order valence-corrected chi connectivity index (χ2v) is 5.61. The highest BCUT2D eigenvalue weighted by Crippen LogP contribution is 2.33. The molecule has 3 rings (SSSR count). The van der Waals surface area contributed by atoms with Crippen molar-refractivity contribution in [3.05, 3.63) is 48.0 Å². The number of carboxylic acid groups (broad SMARTS) is 1. The molecular formula is C17H17NO3. The molecule has 0 radical (unpaired) electrons. The van der Waals surface area contributed by atoms with Gasteiger partial charge in [-0.1, -0.05) is 43.2 Å². The van der Waals surface area contributed by atoms with E-state index in [1.54, 1.807) is 12.1 Å². The summed E-state index contributed by atoms with van der Waals surface area (Å²) in [4.78, 5) is 23.5. The molecule has 2 N–H and O–H groups in total. The fraction of sp³-hybridized carbons (Fsp3) is 0.294. The van der Waals surface area contributed by atoms with E-state index in [0.29, 0.717) is 17.9 Å². The van der Waals surface area contributed by atoms with Crippen molar-refractivity contribution >= 4 is 22.6 Å². The Kier molecular flexibility index (Phi) is 3.60. The molecule has 1 saturated carbocycles. The fourth-order valence-corrected chi connectivity index (χ4v) is 2.48. The van der Waals surface area contributed by atoms with Gasteiger partial charge < -0.3 is 10.4 Å². The minimum atomic E-state index is -0.962. The lowest BCUT2D eigenvalue weighted by molar-refractivity contribution is -0.139. The molecule has 108 valence electrons. The van der Waals surface area contributed by atoms with Crippen LogP contribution in [0.2, 0.25) is 0 Å². The number of fused-ring (bicyclic) bond motifs is 1. The molecule has 1 aliphatic rings. The van der Waals surface area contributed by atoms with Crippen LogP contribution in [0.4, 0.5) is 0 Å². The predicted octanol–water partition coefficient (Wildman–Crippen LogP) is 2.82. The first-order chi connectivity index (χ1) is 10.1. The predicted molar refractivity (Wildman–Crippen MR) is 80.2 cm³/mol. The van der Waals surface area contributed by atoms with Crippen molar-refractivity contribution in [1.29, 1.82) is 0 Å². The zero-order chi connectivity index (χ0) is 14.8. The van der Waals surface area contributed by atoms with Gasteiger partial charge in [0.15, 0.2) is 0 Å². The molecule has 0 bridgehead atoms. The van der Waals surface area contributed by atoms with Crippen LogP contribution in [0.15, 0.2) is 42.5 Å². The molecule has 4 nitrogen and oxygen atoms in total. The van der Waals surface area contributed by atoms with Gasteiger partial charge in [-0.15, -0.1) is 0 Å². The maximum Gasteiger partial charge on any atom is 0.326 e. The summed E-state index contributed by atoms with van der Waals surface area (Å²) in [6.45, 7) is 0. The number of aliphatic carboxylic acids is 1. The number of amides is 1. The zero-order valence-electron chi connectivity index (χ0n) is 11.6. The van der Waals surface area contributed by atoms with Crippen molar-refractivity contribution in [2.75, 3.05) is 0 Å². The van der Waals surface area contributed by atoms with Crippen molar-refractivity contribution in [2.45, 2.75) is 25.3 Å². The Balaban J connectivity index is 1.77. The van der Waals surface area contributed by atoms with E-state index in [1.165, 1.54) is 0 Å². The molecule has 4 heteroatoms. The van der Waals surface area contributed by atoms with Gasteiger partial charge in [-0.3, -0.25) is 4.79 Å². The molecule has 21 heavy (non-hydrogen) atoms. The number of rotatable bonds is 5. The van der Waals surface area contributed by atoms with Crippen LogP contribution in [0.25, 0.3) is 10.8 Å². The highest BCUT2D eigenvalue weighted by atomic mass is 16.4. The van der Waals surface area contributed by atoms with E-state index in [-0.39, 0.29) is 5.91 Å². The lowest BCUT2D eigenvalue weighted by Crippen LogP contribution is -2.41. The Morgan fingerprint density at radius 1 is 1.14 bits per heavy atom. The Labute approximate surface area is 122 Å². The molecule has 0 aliphatic heterocycles. The topological polar surface area (TPSA) is 66.4 Å². The van der Waals surface area contributed by atoms with Crippen molar-refractivity contribution in [2.24, 2.45) is 5.92 Å². The lowest BCUT2D eigenvalue weighted by atomic mass is 10.1. The molecule has 2 aromatic rings. The first-order valence-corrected chi connectivity index (χ1v) is 7.16. The SMILES string of the molecule is O=C(N[C@H](CC1CC1)C(=O)O)c1ccc2ccccc2c1. The molecule has 0 heterocycles. The number of carboxylic acids is 1. The monoisotopic (exact) mass is 283 g/mol. The molecule has 1 fully saturated rings. The number of hydrogen-bond donors (Lipinski definition) is 2. The van der Waals surface area contributed by atoms with Crippen LogP contribution in [0, 0.1) is 5.92 Å². The van der Waals surface area contributed by atoms with E-state index in [4.69, 9.17) is 0 Å². The van der Waals surface area contributed by atoms with E-state index in [0.717, 1.165) is 23.6 Å². The quantitative estimate of drug-likeness (QED) is 0.886. The van der Waals surface area contributed by atoms with Gasteiger partial charge in [0, 0.05) is 5.56 Å². The fourth-order valence-electron chi connectivity index (χ4n) is 2.48. The first kappa shape index (κ1) is 13.6. The standard InChI is InChI=1S/C17H17NO3/c19-16(18-15(17(20)21)9-11-5-6-11)14-8-7-12-3-1-2-4-13(12)10-14/h1-4,7-8,10-11,15H,5-6,9H2,(H,18,19)(H,20,21)/t15-/m1/s1. The van der Waals surface area contributed by atoms with Gasteiger partial charge in [0.1, 0.15) is 6.04 Å². The van der Waals surface area contributed by atoms with Crippen molar-refractivity contribution in [3.8, 4) is 0 Å². The summed E-state index contributed by atoms with van der Waals surface area (Å²) >= 11 is 0. The van der Waals surface area contributed by atoms with Gasteiger partial charge in [0.2, 0.25) is 0 Å². The van der Waals surface area contributed by atoms with E-state index in [2.05, 4.69) is 5.32 Å². The Hall–Kier alpha value is -2.36. The Bertz CT molecular complexity index is 691. The summed E-state index contributed by atoms with van der Waals surface area (Å²) in [5, 5.41) is 13.9. The molecule has 0 spiro atoms. The van der Waals surface area contributed by atoms with Crippen LogP contribution < -0.4 is 5.32 Å². The maximum atomic E-state index is 12.2. The first-order valence-electron chi connectivity index (χ1n) is 7.16. The largest absolute Gasteiger partial charge is 0.480 e. The third-order valence-electron chi connectivity index (χ3n) is 3.88. The number of carbonyl (C=O) groups is 2. The van der Waals surface area contributed by atoms with Crippen LogP contribution in [-0.2, 0) is 4.79 Å². The average molecular weight is 283 g/mol. The minimum absolute atomic E-state index is 0.325. The van der Waals surface area contributed by atoms with Gasteiger partial charge in [0.25, 0.3) is 5.91 Å². The zero-order valence-corrected chi connectivity index (χ0v) is 11.6. The van der Waals surface area contributed by atoms with Crippen molar-refractivity contribution in [3.63, 3.8) is 0 Å². The Morgan fingerprint density at radius 3 is 2.52 bits per heavy atom. The minimum Gasteiger partial charge on any atom is -0.480 e. The summed E-state index contributed by atoms with van der Waals surface area (Å²) in [5.74, 6) is -0.840. The Morgan fingerprint density at radius 2 is 1.86 bits per heavy atom. The van der Waals surface area contributed by atoms with Gasteiger partial charge in [0.05, 0.1) is 0 Å². The third kappa shape index (κ3) is 3.21. The average Bonchev–Trinajstić information content (AvgIpc) is 3.30. The number of benzene rings is 2. The molecule has 1 aliphatic carbocycles. The molecular weight excluding hydrogens is 266 g/mol. The van der Waals surface area contributed by atoms with E-state index >= 15 is 0 Å². The van der Waals surface area contributed by atoms with Crippen molar-refractivity contribution in [1.82, 2.24) is 5.32 Å². The number of hydrogen-bond acceptors (Lipinski definition) is 2. The molecule has 0 saturated heterocycles. The summed E-state index contributed by atoms with van der Waals surface area (Å²) < 4.78 is 0. The molecule has 0 aromatic heterocycles. The summed E-state index contributed by atoms with van der Waals surface area (Å²) in [6.07, 6.45) is 2.65. The molecule has 2 aromatic carbocycles. The highest BCUT2D eigenvalue weighted by molar-refractivity contribution is 6.00. The summed E-state index contributed by atoms with van der Waals surface area (Å²) in [5.41, 5.74) is 0.496. The van der Waals surface area contributed by atoms with Gasteiger partial charge in [-0.2, -0.15) is 0 Å². The number of nitrogens with one attached hydrogen (secondary N) is 1. The molecule has 0 unspecified atom stereocenters. The van der Waals surface area contributed by atoms with Gasteiger partial charge in [-0.05, 0) is 35.2 Å². The highest BCUT2D eigenvalue weighted by Gasteiger charge is 2.30. The second kappa shape index (κ2) is 5.56. The van der Waals surface area contributed by atoms with Crippen LogP contribution >= 0.6 is 0 Å². The molecule has 1 amide bonds. The lowest BCUT2D eigenvalue weighted by Gasteiger charge is -2.14. The summed E-state index contributed by atoms with van der Waals surface area (Å²) in [7, 11) is 0. The van der Waals surface area contributed by atoms with Gasteiger partial charge in [-0.25, -0.2) is 4.79 Å². The van der Waals surface area contributed by atoms with Crippen LogP contribution in [0.5, 0.6) is 0 Å². The van der Waals surface area contributed by atoms with Crippen LogP contribution in [-0.4, -0.2) is 23.0 Å². The summed E-state index contributed by atoms with van der Waals surface area (Å²) in [6, 6.07) is 12.4.